The summed E-state index contributed by atoms with van der Waals surface area (Å²) in [5, 5.41) is 13.8. The molecule has 10 heteroatoms. The van der Waals surface area contributed by atoms with Crippen molar-refractivity contribution < 1.29 is 14.3 Å². The highest BCUT2D eigenvalue weighted by molar-refractivity contribution is 8.00. The Bertz CT molecular complexity index is 881. The van der Waals surface area contributed by atoms with Gasteiger partial charge >= 0.3 is 0 Å². The maximum atomic E-state index is 12.2. The fourth-order valence-electron chi connectivity index (χ4n) is 2.10. The summed E-state index contributed by atoms with van der Waals surface area (Å²) in [6, 6.07) is 7.32. The summed E-state index contributed by atoms with van der Waals surface area (Å²) in [6.07, 6.45) is 1.65. The molecule has 0 aliphatic heterocycles. The molecule has 0 radical (unpaired) electrons. The first-order chi connectivity index (χ1) is 13.1. The van der Waals surface area contributed by atoms with E-state index in [-0.39, 0.29) is 17.8 Å². The monoisotopic (exact) mass is 405 g/mol. The molecule has 142 valence electrons. The number of methoxy groups -OCH3 is 1. The third-order valence-electron chi connectivity index (χ3n) is 3.67. The molecule has 0 saturated heterocycles. The van der Waals surface area contributed by atoms with E-state index in [4.69, 9.17) is 9.47 Å². The molecular weight excluding hydrogens is 386 g/mol. The number of rotatable bonds is 8. The van der Waals surface area contributed by atoms with Gasteiger partial charge in [0.15, 0.2) is 16.1 Å². The third-order valence-corrected chi connectivity index (χ3v) is 5.49. The second-order valence-electron chi connectivity index (χ2n) is 5.51. The van der Waals surface area contributed by atoms with Crippen molar-refractivity contribution in [2.45, 2.75) is 23.9 Å². The van der Waals surface area contributed by atoms with Crippen LogP contribution in [0.4, 0.5) is 5.13 Å². The van der Waals surface area contributed by atoms with Crippen LogP contribution in [-0.4, -0.2) is 38.0 Å². The molecule has 27 heavy (non-hydrogen) atoms. The van der Waals surface area contributed by atoms with E-state index in [0.29, 0.717) is 21.9 Å². The second-order valence-corrected chi connectivity index (χ2v) is 7.71. The zero-order valence-electron chi connectivity index (χ0n) is 15.1. The first kappa shape index (κ1) is 19.2. The van der Waals surface area contributed by atoms with Crippen molar-refractivity contribution in [2.75, 3.05) is 12.4 Å². The van der Waals surface area contributed by atoms with E-state index in [1.807, 2.05) is 48.2 Å². The molecule has 2 aromatic heterocycles. The van der Waals surface area contributed by atoms with Gasteiger partial charge in [0.2, 0.25) is 5.91 Å². The van der Waals surface area contributed by atoms with Crippen LogP contribution in [0.3, 0.4) is 0 Å². The minimum absolute atomic E-state index is 0.131. The molecule has 0 bridgehead atoms. The fourth-order valence-corrected chi connectivity index (χ4v) is 3.46. The number of nitrogens with one attached hydrogen (secondary N) is 1. The molecule has 3 rings (SSSR count). The zero-order valence-corrected chi connectivity index (χ0v) is 16.7. The van der Waals surface area contributed by atoms with E-state index >= 15 is 0 Å². The highest BCUT2D eigenvalue weighted by atomic mass is 32.2. The number of carbonyl (C=O) groups is 1. The van der Waals surface area contributed by atoms with Crippen LogP contribution in [0.25, 0.3) is 0 Å². The van der Waals surface area contributed by atoms with Crippen LogP contribution in [0.2, 0.25) is 0 Å². The molecule has 1 atom stereocenters. The molecule has 1 unspecified atom stereocenters. The molecule has 2 heterocycles. The normalized spacial score (nSPS) is 11.8. The number of aromatic nitrogens is 4. The van der Waals surface area contributed by atoms with E-state index in [9.17, 15) is 4.79 Å². The number of amides is 1. The molecule has 3 aromatic rings. The number of hydrogen-bond donors (Lipinski definition) is 1. The predicted molar refractivity (Wildman–Crippen MR) is 104 cm³/mol. The minimum Gasteiger partial charge on any atom is -0.497 e. The van der Waals surface area contributed by atoms with Crippen LogP contribution in [0.5, 0.6) is 11.5 Å². The molecule has 0 aliphatic rings. The van der Waals surface area contributed by atoms with E-state index in [2.05, 4.69) is 20.5 Å². The van der Waals surface area contributed by atoms with Gasteiger partial charge in [-0.3, -0.25) is 4.79 Å². The number of ether oxygens (including phenoxy) is 2. The molecular formula is C17H19N5O3S2. The van der Waals surface area contributed by atoms with Crippen molar-refractivity contribution in [3.8, 4) is 11.5 Å². The van der Waals surface area contributed by atoms with Crippen LogP contribution >= 0.6 is 23.1 Å². The van der Waals surface area contributed by atoms with Crippen LogP contribution in [-0.2, 0) is 18.4 Å². The minimum atomic E-state index is -0.341. The van der Waals surface area contributed by atoms with Crippen LogP contribution in [0.1, 0.15) is 12.7 Å². The number of thioether (sulfide) groups is 1. The molecule has 0 spiro atoms. The Kier molecular flexibility index (Phi) is 6.30. The van der Waals surface area contributed by atoms with Gasteiger partial charge in [-0.1, -0.05) is 11.8 Å². The lowest BCUT2D eigenvalue weighted by Crippen LogP contribution is -2.22. The van der Waals surface area contributed by atoms with E-state index < -0.39 is 0 Å². The average molecular weight is 406 g/mol. The van der Waals surface area contributed by atoms with Gasteiger partial charge in [-0.25, -0.2) is 4.98 Å². The number of anilines is 1. The summed E-state index contributed by atoms with van der Waals surface area (Å²) in [4.78, 5) is 16.3. The Morgan fingerprint density at radius 2 is 2.04 bits per heavy atom. The van der Waals surface area contributed by atoms with Crippen molar-refractivity contribution >= 4 is 34.1 Å². The predicted octanol–water partition coefficient (Wildman–Crippen LogP) is 2.98. The van der Waals surface area contributed by atoms with Gasteiger partial charge < -0.3 is 19.4 Å². The summed E-state index contributed by atoms with van der Waals surface area (Å²) in [5.74, 6) is 2.02. The van der Waals surface area contributed by atoms with Gasteiger partial charge in [0.05, 0.1) is 12.4 Å². The number of benzene rings is 1. The first-order valence-corrected chi connectivity index (χ1v) is 9.85. The molecule has 0 fully saturated rings. The maximum Gasteiger partial charge on any atom is 0.239 e. The molecule has 1 aromatic carbocycles. The quantitative estimate of drug-likeness (QED) is 0.576. The topological polar surface area (TPSA) is 91.2 Å². The number of hydrogen-bond acceptors (Lipinski definition) is 8. The van der Waals surface area contributed by atoms with Gasteiger partial charge in [0.1, 0.15) is 18.1 Å². The lowest BCUT2D eigenvalue weighted by atomic mass is 10.3. The standard InChI is InChI=1S/C17H19N5O3S2/c1-11(15(23)19-16-18-8-9-26-16)27-17-21-20-14(22(17)2)10-25-13-6-4-12(24-3)5-7-13/h4-9,11H,10H2,1-3H3,(H,18,19,23). The van der Waals surface area contributed by atoms with Gasteiger partial charge in [0.25, 0.3) is 0 Å². The molecule has 0 aliphatic carbocycles. The molecule has 1 N–H and O–H groups in total. The zero-order chi connectivity index (χ0) is 19.2. The average Bonchev–Trinajstić information content (AvgIpc) is 3.31. The Balaban J connectivity index is 1.56. The van der Waals surface area contributed by atoms with Crippen molar-refractivity contribution in [3.05, 3.63) is 41.7 Å². The van der Waals surface area contributed by atoms with E-state index in [1.165, 1.54) is 23.1 Å². The van der Waals surface area contributed by atoms with Crippen molar-refractivity contribution in [3.63, 3.8) is 0 Å². The Morgan fingerprint density at radius 3 is 2.70 bits per heavy atom. The van der Waals surface area contributed by atoms with Gasteiger partial charge in [-0.2, -0.15) is 0 Å². The van der Waals surface area contributed by atoms with Gasteiger partial charge in [0, 0.05) is 18.6 Å². The summed E-state index contributed by atoms with van der Waals surface area (Å²) >= 11 is 2.71. The van der Waals surface area contributed by atoms with Crippen LogP contribution in [0, 0.1) is 0 Å². The van der Waals surface area contributed by atoms with Crippen molar-refractivity contribution in [1.82, 2.24) is 19.7 Å². The molecule has 0 saturated carbocycles. The Labute approximate surface area is 164 Å². The lowest BCUT2D eigenvalue weighted by molar-refractivity contribution is -0.115. The summed E-state index contributed by atoms with van der Waals surface area (Å²) in [6.45, 7) is 2.09. The van der Waals surface area contributed by atoms with Crippen LogP contribution in [0.15, 0.2) is 41.0 Å². The fraction of sp³-hybridized carbons (Fsp3) is 0.294. The van der Waals surface area contributed by atoms with Crippen LogP contribution < -0.4 is 14.8 Å². The number of carbonyl (C=O) groups excluding carboxylic acids is 1. The van der Waals surface area contributed by atoms with E-state index in [0.717, 1.165) is 5.75 Å². The largest absolute Gasteiger partial charge is 0.497 e. The smallest absolute Gasteiger partial charge is 0.239 e. The van der Waals surface area contributed by atoms with E-state index in [1.54, 1.807) is 13.3 Å². The van der Waals surface area contributed by atoms with Gasteiger partial charge in [-0.05, 0) is 31.2 Å². The highest BCUT2D eigenvalue weighted by Gasteiger charge is 2.19. The number of nitrogens with zero attached hydrogens (tertiary/aromatic N) is 4. The maximum absolute atomic E-state index is 12.2. The number of thiazole rings is 1. The highest BCUT2D eigenvalue weighted by Crippen LogP contribution is 2.24. The summed E-state index contributed by atoms with van der Waals surface area (Å²) < 4.78 is 12.7. The third kappa shape index (κ3) is 4.98. The second kappa shape index (κ2) is 8.87. The van der Waals surface area contributed by atoms with Gasteiger partial charge in [-0.15, -0.1) is 21.5 Å². The Morgan fingerprint density at radius 1 is 1.30 bits per heavy atom. The van der Waals surface area contributed by atoms with Crippen molar-refractivity contribution in [1.29, 1.82) is 0 Å². The lowest BCUT2D eigenvalue weighted by Gasteiger charge is -2.10. The Hall–Kier alpha value is -2.59. The first-order valence-electron chi connectivity index (χ1n) is 8.09. The summed E-state index contributed by atoms with van der Waals surface area (Å²) in [5.41, 5.74) is 0. The van der Waals surface area contributed by atoms with Crippen molar-refractivity contribution in [2.24, 2.45) is 7.05 Å². The molecule has 1 amide bonds. The molecule has 8 nitrogen and oxygen atoms in total. The SMILES string of the molecule is COc1ccc(OCc2nnc(SC(C)C(=O)Nc3nccs3)n2C)cc1. The summed E-state index contributed by atoms with van der Waals surface area (Å²) in [7, 11) is 3.47.